The number of fused-ring (bicyclic) bond motifs is 1. The van der Waals surface area contributed by atoms with Crippen LogP contribution in [0, 0.1) is 17.2 Å². The van der Waals surface area contributed by atoms with E-state index < -0.39 is 5.41 Å². The number of rotatable bonds is 6. The molecule has 134 valence electrons. The number of nitrogens with one attached hydrogen (secondary N) is 1. The van der Waals surface area contributed by atoms with Crippen molar-refractivity contribution in [2.24, 2.45) is 11.3 Å². The SMILES string of the molecule is C/C=C(\C)CC(C)(CC(C)C)C(=O)Nc1cnc2c(F)cccc2c1. The Morgan fingerprint density at radius 2 is 2.12 bits per heavy atom. The Balaban J connectivity index is 2.28. The molecule has 1 aromatic carbocycles. The monoisotopic (exact) mass is 342 g/mol. The number of pyridine rings is 1. The van der Waals surface area contributed by atoms with Crippen LogP contribution >= 0.6 is 0 Å². The third-order valence-electron chi connectivity index (χ3n) is 4.49. The second kappa shape index (κ2) is 7.77. The maximum absolute atomic E-state index is 13.7. The van der Waals surface area contributed by atoms with Crippen molar-refractivity contribution in [1.29, 1.82) is 0 Å². The van der Waals surface area contributed by atoms with E-state index in [0.29, 0.717) is 28.9 Å². The molecule has 0 aliphatic heterocycles. The van der Waals surface area contributed by atoms with Gasteiger partial charge in [0, 0.05) is 5.39 Å². The summed E-state index contributed by atoms with van der Waals surface area (Å²) >= 11 is 0. The Bertz CT molecular complexity index is 798. The van der Waals surface area contributed by atoms with Crippen LogP contribution < -0.4 is 5.32 Å². The van der Waals surface area contributed by atoms with E-state index in [9.17, 15) is 9.18 Å². The Kier molecular flexibility index (Phi) is 5.93. The summed E-state index contributed by atoms with van der Waals surface area (Å²) in [5, 5.41) is 3.65. The van der Waals surface area contributed by atoms with Gasteiger partial charge in [-0.25, -0.2) is 4.39 Å². The third-order valence-corrected chi connectivity index (χ3v) is 4.49. The standard InChI is InChI=1S/C21H27FN2O/c1-6-15(4)12-21(5,11-14(2)3)20(25)24-17-10-16-8-7-9-18(22)19(16)23-13-17/h6-10,13-14H,11-12H2,1-5H3,(H,24,25)/b15-6+. The topological polar surface area (TPSA) is 42.0 Å². The molecule has 0 bridgehead atoms. The average molecular weight is 342 g/mol. The lowest BCUT2D eigenvalue weighted by molar-refractivity contribution is -0.125. The lowest BCUT2D eigenvalue weighted by Gasteiger charge is -2.30. The molecule has 0 fully saturated rings. The first kappa shape index (κ1) is 19.1. The molecule has 2 aromatic rings. The van der Waals surface area contributed by atoms with E-state index in [-0.39, 0.29) is 11.7 Å². The van der Waals surface area contributed by atoms with Gasteiger partial charge in [-0.15, -0.1) is 0 Å². The zero-order chi connectivity index (χ0) is 18.6. The minimum atomic E-state index is -0.498. The van der Waals surface area contributed by atoms with E-state index in [4.69, 9.17) is 0 Å². The van der Waals surface area contributed by atoms with Crippen molar-refractivity contribution in [1.82, 2.24) is 4.98 Å². The first-order valence-corrected chi connectivity index (χ1v) is 8.72. The van der Waals surface area contributed by atoms with Gasteiger partial charge in [-0.2, -0.15) is 0 Å². The summed E-state index contributed by atoms with van der Waals surface area (Å²) in [6.45, 7) is 10.3. The molecule has 3 nitrogen and oxygen atoms in total. The Morgan fingerprint density at radius 1 is 1.40 bits per heavy atom. The van der Waals surface area contributed by atoms with Gasteiger partial charge >= 0.3 is 0 Å². The Morgan fingerprint density at radius 3 is 2.76 bits per heavy atom. The second-order valence-electron chi connectivity index (χ2n) is 7.46. The maximum Gasteiger partial charge on any atom is 0.230 e. The summed E-state index contributed by atoms with van der Waals surface area (Å²) < 4.78 is 13.7. The van der Waals surface area contributed by atoms with E-state index >= 15 is 0 Å². The normalized spacial score (nSPS) is 14.6. The first-order valence-electron chi connectivity index (χ1n) is 8.72. The van der Waals surface area contributed by atoms with Crippen LogP contribution in [-0.2, 0) is 4.79 Å². The number of hydrogen-bond donors (Lipinski definition) is 1. The summed E-state index contributed by atoms with van der Waals surface area (Å²) in [5.41, 5.74) is 1.60. The molecule has 1 N–H and O–H groups in total. The molecule has 0 spiro atoms. The van der Waals surface area contributed by atoms with Gasteiger partial charge in [0.2, 0.25) is 5.91 Å². The van der Waals surface area contributed by atoms with Crippen molar-refractivity contribution in [2.45, 2.75) is 47.5 Å². The van der Waals surface area contributed by atoms with E-state index in [1.54, 1.807) is 18.2 Å². The molecule has 0 saturated heterocycles. The lowest BCUT2D eigenvalue weighted by atomic mass is 9.76. The van der Waals surface area contributed by atoms with Gasteiger partial charge < -0.3 is 5.32 Å². The van der Waals surface area contributed by atoms with Gasteiger partial charge in [0.1, 0.15) is 11.3 Å². The largest absolute Gasteiger partial charge is 0.324 e. The average Bonchev–Trinajstić information content (AvgIpc) is 2.54. The zero-order valence-corrected chi connectivity index (χ0v) is 15.7. The van der Waals surface area contributed by atoms with Crippen molar-refractivity contribution in [3.63, 3.8) is 0 Å². The molecule has 4 heteroatoms. The number of amides is 1. The van der Waals surface area contributed by atoms with Crippen LogP contribution in [0.2, 0.25) is 0 Å². The highest BCUT2D eigenvalue weighted by Crippen LogP contribution is 2.34. The van der Waals surface area contributed by atoms with Crippen LogP contribution in [0.4, 0.5) is 10.1 Å². The number of hydrogen-bond acceptors (Lipinski definition) is 2. The zero-order valence-electron chi connectivity index (χ0n) is 15.7. The predicted molar refractivity (Wildman–Crippen MR) is 102 cm³/mol. The molecule has 2 rings (SSSR count). The molecule has 1 atom stereocenters. The van der Waals surface area contributed by atoms with Gasteiger partial charge in [-0.1, -0.05) is 44.6 Å². The predicted octanol–water partition coefficient (Wildman–Crippen LogP) is 5.72. The van der Waals surface area contributed by atoms with Crippen LogP contribution in [0.3, 0.4) is 0 Å². The molecule has 1 heterocycles. The quantitative estimate of drug-likeness (QED) is 0.682. The highest BCUT2D eigenvalue weighted by atomic mass is 19.1. The van der Waals surface area contributed by atoms with Crippen LogP contribution in [0.15, 0.2) is 42.1 Å². The fourth-order valence-electron chi connectivity index (χ4n) is 3.34. The minimum absolute atomic E-state index is 0.0278. The number of carbonyl (C=O) groups is 1. The molecule has 25 heavy (non-hydrogen) atoms. The van der Waals surface area contributed by atoms with Crippen molar-refractivity contribution in [3.05, 3.63) is 47.9 Å². The van der Waals surface area contributed by atoms with E-state index in [0.717, 1.165) is 6.42 Å². The summed E-state index contributed by atoms with van der Waals surface area (Å²) in [6, 6.07) is 6.58. The van der Waals surface area contributed by atoms with Crippen molar-refractivity contribution < 1.29 is 9.18 Å². The third kappa shape index (κ3) is 4.65. The Labute approximate surface area is 149 Å². The molecular weight excluding hydrogens is 315 g/mol. The number of aromatic nitrogens is 1. The number of anilines is 1. The first-order chi connectivity index (χ1) is 11.7. The minimum Gasteiger partial charge on any atom is -0.324 e. The molecule has 1 unspecified atom stereocenters. The van der Waals surface area contributed by atoms with Crippen LogP contribution in [0.5, 0.6) is 0 Å². The van der Waals surface area contributed by atoms with E-state index in [1.807, 2.05) is 26.8 Å². The smallest absolute Gasteiger partial charge is 0.230 e. The van der Waals surface area contributed by atoms with Crippen molar-refractivity contribution >= 4 is 22.5 Å². The van der Waals surface area contributed by atoms with Crippen LogP contribution in [0.1, 0.15) is 47.5 Å². The van der Waals surface area contributed by atoms with Crippen molar-refractivity contribution in [2.75, 3.05) is 5.32 Å². The summed E-state index contributed by atoms with van der Waals surface area (Å²) in [5.74, 6) is 0.0212. The van der Waals surface area contributed by atoms with Gasteiger partial charge in [-0.05, 0) is 44.7 Å². The molecule has 1 amide bonds. The number of para-hydroxylation sites is 1. The summed E-state index contributed by atoms with van der Waals surface area (Å²) in [7, 11) is 0. The summed E-state index contributed by atoms with van der Waals surface area (Å²) in [6.07, 6.45) is 5.07. The van der Waals surface area contributed by atoms with E-state index in [2.05, 4.69) is 24.1 Å². The molecule has 1 aromatic heterocycles. The molecular formula is C21H27FN2O. The number of benzene rings is 1. The van der Waals surface area contributed by atoms with E-state index in [1.165, 1.54) is 17.8 Å². The van der Waals surface area contributed by atoms with Crippen molar-refractivity contribution in [3.8, 4) is 0 Å². The van der Waals surface area contributed by atoms with Gasteiger partial charge in [0.15, 0.2) is 0 Å². The molecule has 0 radical (unpaired) electrons. The van der Waals surface area contributed by atoms with Crippen LogP contribution in [0.25, 0.3) is 10.9 Å². The molecule has 0 aliphatic carbocycles. The fourth-order valence-corrected chi connectivity index (χ4v) is 3.34. The highest BCUT2D eigenvalue weighted by molar-refractivity contribution is 5.96. The van der Waals surface area contributed by atoms with Gasteiger partial charge in [0.05, 0.1) is 17.3 Å². The Hall–Kier alpha value is -2.23. The van der Waals surface area contributed by atoms with Gasteiger partial charge in [0.25, 0.3) is 0 Å². The number of allylic oxidation sites excluding steroid dienone is 2. The maximum atomic E-state index is 13.7. The summed E-state index contributed by atoms with van der Waals surface area (Å²) in [4.78, 5) is 17.1. The van der Waals surface area contributed by atoms with Gasteiger partial charge in [-0.3, -0.25) is 9.78 Å². The molecule has 0 aliphatic rings. The number of carbonyl (C=O) groups excluding carboxylic acids is 1. The fraction of sp³-hybridized carbons (Fsp3) is 0.429. The number of nitrogens with zero attached hydrogens (tertiary/aromatic N) is 1. The highest BCUT2D eigenvalue weighted by Gasteiger charge is 2.34. The molecule has 0 saturated carbocycles. The number of halogens is 1. The lowest BCUT2D eigenvalue weighted by Crippen LogP contribution is -2.35. The van der Waals surface area contributed by atoms with Crippen LogP contribution in [-0.4, -0.2) is 10.9 Å². The second-order valence-corrected chi connectivity index (χ2v) is 7.46.